The van der Waals surface area contributed by atoms with Crippen LogP contribution in [0.25, 0.3) is 75.8 Å². The number of hydrogen-bond donors (Lipinski definition) is 0. The molecule has 0 N–H and O–H groups in total. The van der Waals surface area contributed by atoms with E-state index in [1.165, 1.54) is 294 Å². The molecule has 0 unspecified atom stereocenters. The molecule has 8 nitrogen and oxygen atoms in total. The highest BCUT2D eigenvalue weighted by atomic mass is 32.1. The molecule has 7 aromatic carbocycles. The third-order valence-corrected chi connectivity index (χ3v) is 30.7. The smallest absolute Gasteiger partial charge is 0.259 e. The van der Waals surface area contributed by atoms with E-state index >= 15 is 9.59 Å². The molecule has 2 aliphatic carbocycles. The van der Waals surface area contributed by atoms with Crippen molar-refractivity contribution in [2.75, 3.05) is 58.9 Å². The lowest BCUT2D eigenvalue weighted by atomic mass is 9.81. The van der Waals surface area contributed by atoms with E-state index in [1.54, 1.807) is 22.7 Å². The van der Waals surface area contributed by atoms with Crippen LogP contribution in [0.2, 0.25) is 0 Å². The van der Waals surface area contributed by atoms with Crippen LogP contribution in [-0.4, -0.2) is 59.8 Å². The van der Waals surface area contributed by atoms with E-state index in [0.717, 1.165) is 143 Å². The highest BCUT2D eigenvalue weighted by Gasteiger charge is 2.43. The minimum absolute atomic E-state index is 0.0685. The molecule has 2 aliphatic heterocycles. The van der Waals surface area contributed by atoms with Gasteiger partial charge in [-0.3, -0.25) is 9.59 Å². The monoisotopic (exact) mass is 1700 g/mol. The normalized spacial score (nSPS) is 14.7. The standard InChI is InChI=1S/C112H146N6O2S3/c1-11-15-19-23-27-31-35-43-69-115(70-44-36-32-28-24-20-16-12-2)86-56-62-90-88-59-53-83(76-96(88)111(7,8)98(90)79-86)49-41-39-47-73-117-100-75-81(5)51-58-92(100)105(109(117)119)106-93-61-55-85(102-67-68-104(122-102)95-65-64-94(103-66-52-82(6)121-103)107-108(95)114-123-113-107)78-101(93)118(110(106)120)74-48-40-42-50-84-54-60-89-91-63-57-87(80-99(91)112(9,10)97(89)77-84)116(71-45-37-33-29-25-21-17-13-3)72-46-38-34-30-26-22-18-14-4/h51-68,75-80H,11-50,69-74H2,1-10H3/b106-105+. The third kappa shape index (κ3) is 22.0. The number of carbonyl (C=O) groups excluding carboxylic acids is 2. The Morgan fingerprint density at radius 2 is 0.659 bits per heavy atom. The number of hydrogen-bond acceptors (Lipinski definition) is 9. The second-order valence-electron chi connectivity index (χ2n) is 38.1. The van der Waals surface area contributed by atoms with Crippen LogP contribution in [0, 0.1) is 13.8 Å². The molecule has 10 aromatic rings. The number of fused-ring (bicyclic) bond motifs is 9. The summed E-state index contributed by atoms with van der Waals surface area (Å²) in [6.45, 7) is 29.0. The van der Waals surface area contributed by atoms with Crippen molar-refractivity contribution in [2.24, 2.45) is 0 Å². The number of unbranched alkanes of at least 4 members (excludes halogenated alkanes) is 32. The molecule has 11 heteroatoms. The Balaban J connectivity index is 0.651. The molecule has 0 atom stereocenters. The van der Waals surface area contributed by atoms with Crippen LogP contribution in [0.3, 0.4) is 0 Å². The van der Waals surface area contributed by atoms with Gasteiger partial charge in [-0.2, -0.15) is 8.75 Å². The van der Waals surface area contributed by atoms with E-state index in [0.29, 0.717) is 24.2 Å². The third-order valence-electron chi connectivity index (χ3n) is 28.0. The van der Waals surface area contributed by atoms with E-state index < -0.39 is 0 Å². The molecule has 0 saturated heterocycles. The van der Waals surface area contributed by atoms with Gasteiger partial charge in [0.05, 0.1) is 34.2 Å². The number of aryl methyl sites for hydroxylation is 4. The second kappa shape index (κ2) is 44.5. The van der Waals surface area contributed by atoms with E-state index in [1.807, 2.05) is 9.80 Å². The molecule has 3 aromatic heterocycles. The van der Waals surface area contributed by atoms with E-state index in [4.69, 9.17) is 8.75 Å². The van der Waals surface area contributed by atoms with Crippen molar-refractivity contribution in [3.05, 3.63) is 201 Å². The summed E-state index contributed by atoms with van der Waals surface area (Å²) in [5, 5.41) is 0. The summed E-state index contributed by atoms with van der Waals surface area (Å²) in [5.41, 5.74) is 27.5. The quantitative estimate of drug-likeness (QED) is 0.0279. The lowest BCUT2D eigenvalue weighted by Crippen LogP contribution is -2.30. The Morgan fingerprint density at radius 3 is 1.07 bits per heavy atom. The number of benzene rings is 7. The minimum Gasteiger partial charge on any atom is -0.372 e. The van der Waals surface area contributed by atoms with Crippen molar-refractivity contribution < 1.29 is 9.59 Å². The molecule has 14 rings (SSSR count). The molecule has 654 valence electrons. The van der Waals surface area contributed by atoms with E-state index in [2.05, 4.69) is 225 Å². The molecular weight excluding hydrogens is 1560 g/mol. The van der Waals surface area contributed by atoms with Gasteiger partial charge in [-0.15, -0.1) is 22.7 Å². The molecule has 4 aliphatic rings. The summed E-state index contributed by atoms with van der Waals surface area (Å²) in [6, 6.07) is 55.7. The largest absolute Gasteiger partial charge is 0.372 e. The van der Waals surface area contributed by atoms with Crippen molar-refractivity contribution in [3.63, 3.8) is 0 Å². The summed E-state index contributed by atoms with van der Waals surface area (Å²) >= 11 is 4.81. The van der Waals surface area contributed by atoms with Crippen LogP contribution in [0.1, 0.15) is 354 Å². The molecule has 0 radical (unpaired) electrons. The van der Waals surface area contributed by atoms with Crippen LogP contribution >= 0.6 is 34.4 Å². The topological polar surface area (TPSA) is 72.9 Å². The van der Waals surface area contributed by atoms with E-state index in [-0.39, 0.29) is 22.6 Å². The fourth-order valence-electron chi connectivity index (χ4n) is 20.6. The van der Waals surface area contributed by atoms with E-state index in [9.17, 15) is 0 Å². The zero-order chi connectivity index (χ0) is 85.7. The Bertz CT molecular complexity index is 5140. The van der Waals surface area contributed by atoms with Crippen molar-refractivity contribution in [3.8, 4) is 53.6 Å². The van der Waals surface area contributed by atoms with Gasteiger partial charge < -0.3 is 19.6 Å². The molecule has 0 saturated carbocycles. The Labute approximate surface area is 753 Å². The fourth-order valence-corrected chi connectivity index (χ4v) is 23.1. The number of aromatic nitrogens is 2. The lowest BCUT2D eigenvalue weighted by Gasteiger charge is -2.28. The number of rotatable bonds is 53. The Hall–Kier alpha value is -7.96. The molecule has 5 heterocycles. The maximum absolute atomic E-state index is 15.9. The van der Waals surface area contributed by atoms with Crippen LogP contribution in [-0.2, 0) is 33.3 Å². The van der Waals surface area contributed by atoms with Gasteiger partial charge in [-0.1, -0.05) is 333 Å². The van der Waals surface area contributed by atoms with Crippen LogP contribution in [0.4, 0.5) is 22.7 Å². The van der Waals surface area contributed by atoms with Gasteiger partial charge in [0.25, 0.3) is 11.8 Å². The maximum atomic E-state index is 15.9. The first kappa shape index (κ1) is 91.3. The molecule has 123 heavy (non-hydrogen) atoms. The Kier molecular flexibility index (Phi) is 33.0. The van der Waals surface area contributed by atoms with Crippen LogP contribution in [0.15, 0.2) is 146 Å². The SMILES string of the molecule is CCCCCCCCCCN(CCCCCCCCCC)c1ccc2c(c1)C(C)(C)c1cc(CCCCCN3C(=O)/C(=C4/C(=O)N(CCCCCc5ccc6c(c5)C(C)(C)c5cc(N(CCCCCCCCCC)CCCCCCCCCC)ccc5-6)c5cc(-c6ccc(-c7ccc(-c8ccc(C)s8)c8nsnc78)s6)ccc54)c4ccc(C)cc43)ccc1-2. The summed E-state index contributed by atoms with van der Waals surface area (Å²) in [7, 11) is 0. The molecule has 0 bridgehead atoms. The van der Waals surface area contributed by atoms with Gasteiger partial charge in [0.1, 0.15) is 11.0 Å². The number of anilines is 4. The van der Waals surface area contributed by atoms with Crippen molar-refractivity contribution in [1.82, 2.24) is 8.75 Å². The van der Waals surface area contributed by atoms with Gasteiger partial charge in [0.15, 0.2) is 0 Å². The number of amides is 2. The predicted molar refractivity (Wildman–Crippen MR) is 535 cm³/mol. The minimum atomic E-state index is -0.111. The zero-order valence-corrected chi connectivity index (χ0v) is 79.6. The molecule has 0 spiro atoms. The first-order valence-electron chi connectivity index (χ1n) is 49.2. The van der Waals surface area contributed by atoms with Crippen molar-refractivity contribution >= 4 is 91.1 Å². The summed E-state index contributed by atoms with van der Waals surface area (Å²) in [5.74, 6) is -0.148. The number of carbonyl (C=O) groups is 2. The summed E-state index contributed by atoms with van der Waals surface area (Å²) in [6.07, 6.45) is 50.7. The van der Waals surface area contributed by atoms with Crippen molar-refractivity contribution in [1.29, 1.82) is 0 Å². The van der Waals surface area contributed by atoms with Gasteiger partial charge >= 0.3 is 0 Å². The lowest BCUT2D eigenvalue weighted by molar-refractivity contribution is -0.114. The van der Waals surface area contributed by atoms with Crippen LogP contribution < -0.4 is 19.6 Å². The highest BCUT2D eigenvalue weighted by molar-refractivity contribution is 7.19. The number of thiophene rings is 2. The summed E-state index contributed by atoms with van der Waals surface area (Å²) < 4.78 is 9.73. The average molecular weight is 1700 g/mol. The number of nitrogens with zero attached hydrogens (tertiary/aromatic N) is 6. The molecule has 0 fully saturated rings. The molecular formula is C112H146N6O2S3. The maximum Gasteiger partial charge on any atom is 0.259 e. The van der Waals surface area contributed by atoms with Gasteiger partial charge in [-0.05, 0) is 205 Å². The molecule has 2 amide bonds. The van der Waals surface area contributed by atoms with Gasteiger partial charge in [0, 0.05) is 103 Å². The summed E-state index contributed by atoms with van der Waals surface area (Å²) in [4.78, 5) is 45.7. The first-order chi connectivity index (χ1) is 60.1. The van der Waals surface area contributed by atoms with Crippen molar-refractivity contribution in [2.45, 2.75) is 337 Å². The van der Waals surface area contributed by atoms with Gasteiger partial charge in [-0.25, -0.2) is 0 Å². The predicted octanol–water partition coefficient (Wildman–Crippen LogP) is 32.7. The average Bonchev–Trinajstić information content (AvgIpc) is 1.58. The highest BCUT2D eigenvalue weighted by Crippen LogP contribution is 2.54. The van der Waals surface area contributed by atoms with Crippen LogP contribution in [0.5, 0.6) is 0 Å². The van der Waals surface area contributed by atoms with Gasteiger partial charge in [0.2, 0.25) is 0 Å². The Morgan fingerprint density at radius 1 is 0.317 bits per heavy atom. The first-order valence-corrected chi connectivity index (χ1v) is 51.6. The fraction of sp³-hybridized carbons (Fsp3) is 0.518. The second-order valence-corrected chi connectivity index (χ2v) is 41.0. The zero-order valence-electron chi connectivity index (χ0n) is 77.1.